The van der Waals surface area contributed by atoms with E-state index in [2.05, 4.69) is 117 Å². The van der Waals surface area contributed by atoms with Crippen LogP contribution < -0.4 is 9.80 Å². The van der Waals surface area contributed by atoms with Gasteiger partial charge in [-0.15, -0.1) is 0 Å². The molecular weight excluding hydrogens is 342 g/mol. The summed E-state index contributed by atoms with van der Waals surface area (Å²) in [6.07, 6.45) is 0.945. The Morgan fingerprint density at radius 3 is 1.57 bits per heavy atom. The smallest absolute Gasteiger partial charge is 0.0407 e. The number of aryl methyl sites for hydroxylation is 2. The van der Waals surface area contributed by atoms with Crippen molar-refractivity contribution in [3.05, 3.63) is 88.7 Å². The van der Waals surface area contributed by atoms with Crippen LogP contribution in [-0.2, 0) is 6.42 Å². The van der Waals surface area contributed by atoms with E-state index in [-0.39, 0.29) is 5.92 Å². The quantitative estimate of drug-likeness (QED) is 0.587. The largest absolute Gasteiger partial charge is 0.378 e. The molecule has 0 bridgehead atoms. The summed E-state index contributed by atoms with van der Waals surface area (Å²) in [5.74, 6) is 0.194. The van der Waals surface area contributed by atoms with Crippen molar-refractivity contribution in [1.29, 1.82) is 0 Å². The van der Waals surface area contributed by atoms with Gasteiger partial charge in [0.15, 0.2) is 0 Å². The molecule has 0 aliphatic rings. The number of hydrogen-bond acceptors (Lipinski definition) is 3. The highest BCUT2D eigenvalue weighted by atomic mass is 15.1. The van der Waals surface area contributed by atoms with Gasteiger partial charge in [-0.3, -0.25) is 4.98 Å². The fourth-order valence-electron chi connectivity index (χ4n) is 3.62. The van der Waals surface area contributed by atoms with Crippen LogP contribution in [-0.4, -0.2) is 33.2 Å². The first-order valence-electron chi connectivity index (χ1n) is 9.91. The van der Waals surface area contributed by atoms with E-state index in [1.54, 1.807) is 0 Å². The maximum Gasteiger partial charge on any atom is 0.0407 e. The summed E-state index contributed by atoms with van der Waals surface area (Å²) in [5, 5.41) is 0. The van der Waals surface area contributed by atoms with Gasteiger partial charge in [-0.25, -0.2) is 0 Å². The molecule has 0 radical (unpaired) electrons. The standard InChI is InChI=1S/C25H31N3/c1-7-22-17-21(16-18(2)26-22)25(19-8-12-23(13-9-19)27(3)4)20-10-14-24(15-11-20)28(5)6/h8-17,25H,7H2,1-6H3. The van der Waals surface area contributed by atoms with Crippen LogP contribution in [0.25, 0.3) is 0 Å². The molecular formula is C25H31N3. The number of hydrogen-bond donors (Lipinski definition) is 0. The van der Waals surface area contributed by atoms with Gasteiger partial charge in [-0.2, -0.15) is 0 Å². The second-order valence-corrected chi connectivity index (χ2v) is 7.79. The van der Waals surface area contributed by atoms with Crippen molar-refractivity contribution in [2.45, 2.75) is 26.2 Å². The Bertz CT molecular complexity index is 858. The summed E-state index contributed by atoms with van der Waals surface area (Å²) in [4.78, 5) is 8.95. The van der Waals surface area contributed by atoms with Crippen LogP contribution in [0.4, 0.5) is 11.4 Å². The van der Waals surface area contributed by atoms with Crippen molar-refractivity contribution in [2.24, 2.45) is 0 Å². The van der Waals surface area contributed by atoms with Crippen LogP contribution in [0.1, 0.15) is 40.9 Å². The Balaban J connectivity index is 2.11. The van der Waals surface area contributed by atoms with Crippen LogP contribution in [0.5, 0.6) is 0 Å². The Kier molecular flexibility index (Phi) is 6.03. The van der Waals surface area contributed by atoms with Crippen LogP contribution in [0.2, 0.25) is 0 Å². The molecule has 2 aromatic carbocycles. The number of nitrogens with zero attached hydrogens (tertiary/aromatic N) is 3. The van der Waals surface area contributed by atoms with Crippen molar-refractivity contribution in [1.82, 2.24) is 4.98 Å². The normalized spacial score (nSPS) is 11.0. The second kappa shape index (κ2) is 8.47. The van der Waals surface area contributed by atoms with E-state index in [0.717, 1.165) is 17.8 Å². The molecule has 3 aromatic rings. The van der Waals surface area contributed by atoms with Crippen molar-refractivity contribution in [2.75, 3.05) is 38.0 Å². The summed E-state index contributed by atoms with van der Waals surface area (Å²) >= 11 is 0. The zero-order valence-corrected chi connectivity index (χ0v) is 17.9. The van der Waals surface area contributed by atoms with Crippen molar-refractivity contribution in [3.63, 3.8) is 0 Å². The Morgan fingerprint density at radius 1 is 0.714 bits per heavy atom. The predicted molar refractivity (Wildman–Crippen MR) is 121 cm³/mol. The molecule has 3 rings (SSSR count). The Morgan fingerprint density at radius 2 is 1.18 bits per heavy atom. The van der Waals surface area contributed by atoms with Gasteiger partial charge < -0.3 is 9.80 Å². The summed E-state index contributed by atoms with van der Waals surface area (Å²) in [7, 11) is 8.30. The summed E-state index contributed by atoms with van der Waals surface area (Å²) in [5.41, 5.74) is 8.56. The van der Waals surface area contributed by atoms with Gasteiger partial charge in [0.1, 0.15) is 0 Å². The molecule has 0 unspecified atom stereocenters. The van der Waals surface area contributed by atoms with Gasteiger partial charge in [0.05, 0.1) is 0 Å². The number of aromatic nitrogens is 1. The average Bonchev–Trinajstić information content (AvgIpc) is 2.68. The molecule has 0 fully saturated rings. The number of rotatable bonds is 6. The van der Waals surface area contributed by atoms with E-state index in [1.165, 1.54) is 28.1 Å². The van der Waals surface area contributed by atoms with Crippen LogP contribution in [0.3, 0.4) is 0 Å². The van der Waals surface area contributed by atoms with E-state index >= 15 is 0 Å². The van der Waals surface area contributed by atoms with Crippen molar-refractivity contribution >= 4 is 11.4 Å². The lowest BCUT2D eigenvalue weighted by atomic mass is 9.84. The Labute approximate surface area is 169 Å². The third-order valence-electron chi connectivity index (χ3n) is 5.21. The molecule has 1 heterocycles. The molecule has 1 aromatic heterocycles. The second-order valence-electron chi connectivity index (χ2n) is 7.79. The maximum atomic E-state index is 4.68. The van der Waals surface area contributed by atoms with Gasteiger partial charge in [-0.1, -0.05) is 31.2 Å². The molecule has 146 valence electrons. The molecule has 0 amide bonds. The SMILES string of the molecule is CCc1cc(C(c2ccc(N(C)C)cc2)c2ccc(N(C)C)cc2)cc(C)n1. The monoisotopic (exact) mass is 373 g/mol. The zero-order valence-electron chi connectivity index (χ0n) is 17.9. The third-order valence-corrected chi connectivity index (χ3v) is 5.21. The van der Waals surface area contributed by atoms with Crippen molar-refractivity contribution in [3.8, 4) is 0 Å². The fraction of sp³-hybridized carbons (Fsp3) is 0.320. The number of benzene rings is 2. The van der Waals surface area contributed by atoms with Crippen LogP contribution in [0.15, 0.2) is 60.7 Å². The molecule has 0 aliphatic heterocycles. The molecule has 3 heteroatoms. The maximum absolute atomic E-state index is 4.68. The molecule has 0 aliphatic carbocycles. The zero-order chi connectivity index (χ0) is 20.3. The topological polar surface area (TPSA) is 19.4 Å². The molecule has 0 saturated carbocycles. The van der Waals surface area contributed by atoms with Gasteiger partial charge in [0, 0.05) is 56.9 Å². The third kappa shape index (κ3) is 4.36. The van der Waals surface area contributed by atoms with E-state index in [4.69, 9.17) is 0 Å². The van der Waals surface area contributed by atoms with Crippen LogP contribution in [0, 0.1) is 6.92 Å². The minimum atomic E-state index is 0.194. The number of anilines is 2. The lowest BCUT2D eigenvalue weighted by molar-refractivity contribution is 0.928. The van der Waals surface area contributed by atoms with Gasteiger partial charge >= 0.3 is 0 Å². The number of pyridine rings is 1. The lowest BCUT2D eigenvalue weighted by Gasteiger charge is -2.22. The first-order chi connectivity index (χ1) is 13.4. The predicted octanol–water partition coefficient (Wildman–Crippen LogP) is 5.26. The van der Waals surface area contributed by atoms with Gasteiger partial charge in [0.25, 0.3) is 0 Å². The Hall–Kier alpha value is -2.81. The van der Waals surface area contributed by atoms with E-state index < -0.39 is 0 Å². The average molecular weight is 374 g/mol. The van der Waals surface area contributed by atoms with Crippen LogP contribution >= 0.6 is 0 Å². The van der Waals surface area contributed by atoms with Crippen molar-refractivity contribution < 1.29 is 0 Å². The highest BCUT2D eigenvalue weighted by molar-refractivity contribution is 5.53. The van der Waals surface area contributed by atoms with Gasteiger partial charge in [0.2, 0.25) is 0 Å². The van der Waals surface area contributed by atoms with E-state index in [9.17, 15) is 0 Å². The van der Waals surface area contributed by atoms with E-state index in [0.29, 0.717) is 0 Å². The molecule has 28 heavy (non-hydrogen) atoms. The summed E-state index contributed by atoms with van der Waals surface area (Å²) in [6, 6.07) is 22.3. The van der Waals surface area contributed by atoms with E-state index in [1.807, 2.05) is 0 Å². The molecule has 0 atom stereocenters. The molecule has 0 N–H and O–H groups in total. The van der Waals surface area contributed by atoms with Gasteiger partial charge in [-0.05, 0) is 66.4 Å². The fourth-order valence-corrected chi connectivity index (χ4v) is 3.62. The highest BCUT2D eigenvalue weighted by Gasteiger charge is 2.18. The highest BCUT2D eigenvalue weighted by Crippen LogP contribution is 2.34. The minimum absolute atomic E-state index is 0.194. The first-order valence-corrected chi connectivity index (χ1v) is 9.91. The molecule has 0 saturated heterocycles. The lowest BCUT2D eigenvalue weighted by Crippen LogP contribution is -2.11. The summed E-state index contributed by atoms with van der Waals surface area (Å²) in [6.45, 7) is 4.25. The molecule has 0 spiro atoms. The first kappa shape index (κ1) is 19.9. The minimum Gasteiger partial charge on any atom is -0.378 e. The molecule has 3 nitrogen and oxygen atoms in total. The summed E-state index contributed by atoms with van der Waals surface area (Å²) < 4.78 is 0.